The zero-order valence-electron chi connectivity index (χ0n) is 10.1. The van der Waals surface area contributed by atoms with E-state index in [9.17, 15) is 9.18 Å². The SMILES string of the molecule is O=c1c2ccccc2[nH]c(=S)n1-c1ccc(Br)cc1F. The minimum absolute atomic E-state index is 0.130. The van der Waals surface area contributed by atoms with E-state index >= 15 is 0 Å². The highest BCUT2D eigenvalue weighted by Crippen LogP contribution is 2.18. The predicted octanol–water partition coefficient (Wildman–Crippen LogP) is 3.95. The van der Waals surface area contributed by atoms with Crippen LogP contribution in [0.1, 0.15) is 0 Å². The van der Waals surface area contributed by atoms with E-state index in [-0.39, 0.29) is 16.0 Å². The Kier molecular flexibility index (Phi) is 3.27. The van der Waals surface area contributed by atoms with Crippen molar-refractivity contribution in [1.82, 2.24) is 9.55 Å². The van der Waals surface area contributed by atoms with Crippen LogP contribution in [0.3, 0.4) is 0 Å². The highest BCUT2D eigenvalue weighted by atomic mass is 79.9. The Labute approximate surface area is 126 Å². The van der Waals surface area contributed by atoms with Crippen molar-refractivity contribution in [2.45, 2.75) is 0 Å². The van der Waals surface area contributed by atoms with Gasteiger partial charge in [-0.25, -0.2) is 8.96 Å². The fourth-order valence-corrected chi connectivity index (χ4v) is 2.67. The summed E-state index contributed by atoms with van der Waals surface area (Å²) in [6.07, 6.45) is 0. The van der Waals surface area contributed by atoms with Gasteiger partial charge in [-0.05, 0) is 42.5 Å². The number of rotatable bonds is 1. The van der Waals surface area contributed by atoms with Gasteiger partial charge in [0.25, 0.3) is 5.56 Å². The average molecular weight is 351 g/mol. The van der Waals surface area contributed by atoms with Crippen molar-refractivity contribution < 1.29 is 4.39 Å². The maximum Gasteiger partial charge on any atom is 0.266 e. The van der Waals surface area contributed by atoms with Crippen molar-refractivity contribution >= 4 is 39.1 Å². The van der Waals surface area contributed by atoms with Gasteiger partial charge in [-0.2, -0.15) is 0 Å². The van der Waals surface area contributed by atoms with E-state index in [1.54, 1.807) is 30.3 Å². The summed E-state index contributed by atoms with van der Waals surface area (Å²) in [4.78, 5) is 15.4. The highest BCUT2D eigenvalue weighted by molar-refractivity contribution is 9.10. The quantitative estimate of drug-likeness (QED) is 0.674. The van der Waals surface area contributed by atoms with Crippen LogP contribution >= 0.6 is 28.1 Å². The Morgan fingerprint density at radius 3 is 2.70 bits per heavy atom. The van der Waals surface area contributed by atoms with Crippen LogP contribution in [-0.4, -0.2) is 9.55 Å². The van der Waals surface area contributed by atoms with Gasteiger partial charge >= 0.3 is 0 Å². The lowest BCUT2D eigenvalue weighted by atomic mass is 10.2. The average Bonchev–Trinajstić information content (AvgIpc) is 2.41. The molecule has 1 N–H and O–H groups in total. The summed E-state index contributed by atoms with van der Waals surface area (Å²) in [6, 6.07) is 11.5. The summed E-state index contributed by atoms with van der Waals surface area (Å²) in [5.41, 5.74) is 0.423. The van der Waals surface area contributed by atoms with Crippen LogP contribution in [0.2, 0.25) is 0 Å². The Morgan fingerprint density at radius 1 is 1.20 bits per heavy atom. The van der Waals surface area contributed by atoms with Gasteiger partial charge < -0.3 is 4.98 Å². The third-order valence-electron chi connectivity index (χ3n) is 2.96. The third kappa shape index (κ3) is 2.10. The lowest BCUT2D eigenvalue weighted by molar-refractivity contribution is 0.614. The molecule has 6 heteroatoms. The van der Waals surface area contributed by atoms with Gasteiger partial charge in [-0.1, -0.05) is 28.1 Å². The summed E-state index contributed by atoms with van der Waals surface area (Å²) in [5.74, 6) is -0.517. The lowest BCUT2D eigenvalue weighted by Gasteiger charge is -2.09. The van der Waals surface area contributed by atoms with Crippen molar-refractivity contribution in [1.29, 1.82) is 0 Å². The van der Waals surface area contributed by atoms with Crippen LogP contribution in [0.4, 0.5) is 4.39 Å². The van der Waals surface area contributed by atoms with E-state index in [0.717, 1.165) is 0 Å². The van der Waals surface area contributed by atoms with E-state index < -0.39 is 5.82 Å². The first kappa shape index (κ1) is 13.2. The fourth-order valence-electron chi connectivity index (χ4n) is 2.04. The summed E-state index contributed by atoms with van der Waals surface area (Å²) >= 11 is 8.35. The molecule has 0 fully saturated rings. The number of fused-ring (bicyclic) bond motifs is 1. The lowest BCUT2D eigenvalue weighted by Crippen LogP contribution is -2.21. The molecule has 0 radical (unpaired) electrons. The second kappa shape index (κ2) is 4.96. The molecule has 3 rings (SSSR count). The molecule has 1 aromatic heterocycles. The van der Waals surface area contributed by atoms with Crippen molar-refractivity contribution in [2.24, 2.45) is 0 Å². The molecule has 0 saturated carbocycles. The number of aromatic nitrogens is 2. The van der Waals surface area contributed by atoms with E-state index in [4.69, 9.17) is 12.2 Å². The molecular formula is C14H8BrFN2OS. The maximum absolute atomic E-state index is 14.0. The minimum Gasteiger partial charge on any atom is -0.331 e. The molecule has 1 heterocycles. The zero-order valence-corrected chi connectivity index (χ0v) is 12.5. The molecule has 0 saturated heterocycles. The van der Waals surface area contributed by atoms with Gasteiger partial charge in [0.05, 0.1) is 16.6 Å². The van der Waals surface area contributed by atoms with Crippen LogP contribution in [-0.2, 0) is 0 Å². The second-order valence-corrected chi connectivity index (χ2v) is 5.51. The predicted molar refractivity (Wildman–Crippen MR) is 82.4 cm³/mol. The van der Waals surface area contributed by atoms with Crippen LogP contribution in [0.15, 0.2) is 51.7 Å². The number of hydrogen-bond donors (Lipinski definition) is 1. The van der Waals surface area contributed by atoms with Crippen LogP contribution in [0.25, 0.3) is 16.6 Å². The molecule has 3 nitrogen and oxygen atoms in total. The van der Waals surface area contributed by atoms with E-state index in [2.05, 4.69) is 20.9 Å². The Hall–Kier alpha value is -1.79. The Balaban J connectivity index is 2.43. The zero-order chi connectivity index (χ0) is 14.3. The molecule has 0 amide bonds. The van der Waals surface area contributed by atoms with E-state index in [1.807, 2.05) is 0 Å². The number of aromatic amines is 1. The molecule has 20 heavy (non-hydrogen) atoms. The van der Waals surface area contributed by atoms with Crippen LogP contribution in [0, 0.1) is 10.6 Å². The molecule has 0 bridgehead atoms. The highest BCUT2D eigenvalue weighted by Gasteiger charge is 2.11. The summed E-state index contributed by atoms with van der Waals surface area (Å²) in [7, 11) is 0. The third-order valence-corrected chi connectivity index (χ3v) is 3.73. The number of para-hydroxylation sites is 1. The first-order valence-electron chi connectivity index (χ1n) is 5.77. The minimum atomic E-state index is -0.517. The molecular weight excluding hydrogens is 343 g/mol. The van der Waals surface area contributed by atoms with Crippen molar-refractivity contribution in [3.63, 3.8) is 0 Å². The first-order chi connectivity index (χ1) is 9.58. The number of hydrogen-bond acceptors (Lipinski definition) is 2. The monoisotopic (exact) mass is 350 g/mol. The fraction of sp³-hybridized carbons (Fsp3) is 0. The number of nitrogens with zero attached hydrogens (tertiary/aromatic N) is 1. The standard InChI is InChI=1S/C14H8BrFN2OS/c15-8-5-6-12(10(16)7-8)18-13(19)9-3-1-2-4-11(9)17-14(18)20/h1-7H,(H,17,20). The van der Waals surface area contributed by atoms with Crippen molar-refractivity contribution in [3.8, 4) is 5.69 Å². The molecule has 0 unspecified atom stereocenters. The molecule has 2 aromatic carbocycles. The largest absolute Gasteiger partial charge is 0.331 e. The second-order valence-electron chi connectivity index (χ2n) is 4.21. The van der Waals surface area contributed by atoms with Crippen LogP contribution < -0.4 is 5.56 Å². The smallest absolute Gasteiger partial charge is 0.266 e. The number of benzene rings is 2. The van der Waals surface area contributed by atoms with E-state index in [1.165, 1.54) is 16.7 Å². The van der Waals surface area contributed by atoms with Gasteiger partial charge in [0.15, 0.2) is 4.77 Å². The number of nitrogens with one attached hydrogen (secondary N) is 1. The Bertz CT molecular complexity index is 932. The number of halogens is 2. The van der Waals surface area contributed by atoms with Crippen LogP contribution in [0.5, 0.6) is 0 Å². The van der Waals surface area contributed by atoms with Gasteiger partial charge in [0, 0.05) is 4.47 Å². The van der Waals surface area contributed by atoms with Crippen molar-refractivity contribution in [2.75, 3.05) is 0 Å². The molecule has 0 aliphatic rings. The summed E-state index contributed by atoms with van der Waals surface area (Å²) < 4.78 is 16.0. The van der Waals surface area contributed by atoms with Gasteiger partial charge in [0.2, 0.25) is 0 Å². The van der Waals surface area contributed by atoms with Gasteiger partial charge in [0.1, 0.15) is 5.82 Å². The molecule has 100 valence electrons. The topological polar surface area (TPSA) is 37.8 Å². The summed E-state index contributed by atoms with van der Waals surface area (Å²) in [5, 5.41) is 0.461. The molecule has 0 spiro atoms. The molecule has 0 aliphatic heterocycles. The first-order valence-corrected chi connectivity index (χ1v) is 6.97. The van der Waals surface area contributed by atoms with E-state index in [0.29, 0.717) is 15.4 Å². The molecule has 0 atom stereocenters. The summed E-state index contributed by atoms with van der Waals surface area (Å²) in [6.45, 7) is 0. The Morgan fingerprint density at radius 2 is 1.95 bits per heavy atom. The van der Waals surface area contributed by atoms with Gasteiger partial charge in [-0.3, -0.25) is 4.79 Å². The normalized spacial score (nSPS) is 10.9. The molecule has 0 aliphatic carbocycles. The molecule has 3 aromatic rings. The van der Waals surface area contributed by atoms with Crippen molar-refractivity contribution in [3.05, 3.63) is 67.9 Å². The van der Waals surface area contributed by atoms with Gasteiger partial charge in [-0.15, -0.1) is 0 Å². The maximum atomic E-state index is 14.0. The number of H-pyrrole nitrogens is 1.